The molecule has 0 unspecified atom stereocenters. The van der Waals surface area contributed by atoms with Gasteiger partial charge in [-0.1, -0.05) is 23.7 Å². The van der Waals surface area contributed by atoms with Gasteiger partial charge in [0.15, 0.2) is 0 Å². The summed E-state index contributed by atoms with van der Waals surface area (Å²) in [4.78, 5) is 29.3. The van der Waals surface area contributed by atoms with E-state index in [0.29, 0.717) is 10.7 Å². The molecule has 0 saturated heterocycles. The van der Waals surface area contributed by atoms with Gasteiger partial charge in [-0.15, -0.1) is 0 Å². The van der Waals surface area contributed by atoms with Crippen LogP contribution in [-0.2, 0) is 13.1 Å². The lowest BCUT2D eigenvalue weighted by Crippen LogP contribution is -2.42. The zero-order valence-electron chi connectivity index (χ0n) is 16.2. The highest BCUT2D eigenvalue weighted by Gasteiger charge is 2.14. The van der Waals surface area contributed by atoms with Crippen LogP contribution in [0.1, 0.15) is 12.0 Å². The zero-order chi connectivity index (χ0) is 22.4. The SMILES string of the molecule is O=c1nc(Nc2ccc(OC(F)F)cc2)n(Cc2ccc(Cl)cc2)c(=O)n1CCCO. The quantitative estimate of drug-likeness (QED) is 0.518. The van der Waals surface area contributed by atoms with Crippen LogP contribution >= 0.6 is 11.6 Å². The Kier molecular flexibility index (Phi) is 7.37. The number of hydrogen-bond acceptors (Lipinski definition) is 6. The molecule has 3 rings (SSSR count). The highest BCUT2D eigenvalue weighted by molar-refractivity contribution is 6.30. The predicted octanol–water partition coefficient (Wildman–Crippen LogP) is 2.83. The Labute approximate surface area is 180 Å². The molecule has 0 saturated carbocycles. The Hall–Kier alpha value is -3.24. The summed E-state index contributed by atoms with van der Waals surface area (Å²) < 4.78 is 31.2. The molecule has 164 valence electrons. The first-order valence-corrected chi connectivity index (χ1v) is 9.64. The van der Waals surface area contributed by atoms with Crippen LogP contribution in [0.3, 0.4) is 0 Å². The molecule has 0 atom stereocenters. The smallest absolute Gasteiger partial charge is 0.387 e. The Balaban J connectivity index is 1.98. The number of hydrogen-bond donors (Lipinski definition) is 2. The highest BCUT2D eigenvalue weighted by atomic mass is 35.5. The second-order valence-electron chi connectivity index (χ2n) is 6.47. The van der Waals surface area contributed by atoms with Gasteiger partial charge >= 0.3 is 18.0 Å². The van der Waals surface area contributed by atoms with Gasteiger partial charge in [-0.2, -0.15) is 13.8 Å². The van der Waals surface area contributed by atoms with Crippen molar-refractivity contribution in [3.63, 3.8) is 0 Å². The molecule has 0 aliphatic carbocycles. The number of nitrogens with one attached hydrogen (secondary N) is 1. The molecule has 0 amide bonds. The first kappa shape index (κ1) is 22.4. The first-order valence-electron chi connectivity index (χ1n) is 9.26. The minimum absolute atomic E-state index is 0.0156. The maximum absolute atomic E-state index is 13.0. The van der Waals surface area contributed by atoms with E-state index in [9.17, 15) is 18.4 Å². The molecule has 0 spiro atoms. The van der Waals surface area contributed by atoms with Crippen molar-refractivity contribution in [2.24, 2.45) is 0 Å². The number of alkyl halides is 2. The van der Waals surface area contributed by atoms with E-state index in [1.807, 2.05) is 0 Å². The lowest BCUT2D eigenvalue weighted by molar-refractivity contribution is -0.0498. The maximum Gasteiger partial charge on any atom is 0.387 e. The molecule has 1 aromatic heterocycles. The zero-order valence-corrected chi connectivity index (χ0v) is 16.9. The second kappa shape index (κ2) is 10.2. The normalized spacial score (nSPS) is 11.0. The van der Waals surface area contributed by atoms with Gasteiger partial charge in [-0.3, -0.25) is 4.57 Å². The number of aliphatic hydroxyl groups excluding tert-OH is 1. The Morgan fingerprint density at radius 1 is 1.06 bits per heavy atom. The number of rotatable bonds is 9. The van der Waals surface area contributed by atoms with E-state index < -0.39 is 18.0 Å². The van der Waals surface area contributed by atoms with E-state index in [0.717, 1.165) is 10.1 Å². The number of benzene rings is 2. The van der Waals surface area contributed by atoms with Gasteiger partial charge < -0.3 is 15.2 Å². The van der Waals surface area contributed by atoms with Crippen molar-refractivity contribution in [1.82, 2.24) is 14.1 Å². The van der Waals surface area contributed by atoms with Gasteiger partial charge in [0.05, 0.1) is 6.54 Å². The molecular formula is C20H19ClF2N4O4. The molecule has 1 heterocycles. The van der Waals surface area contributed by atoms with Crippen molar-refractivity contribution in [2.45, 2.75) is 26.1 Å². The summed E-state index contributed by atoms with van der Waals surface area (Å²) in [5.41, 5.74) is -0.232. The Bertz CT molecular complexity index is 1130. The summed E-state index contributed by atoms with van der Waals surface area (Å²) in [7, 11) is 0. The Morgan fingerprint density at radius 3 is 2.35 bits per heavy atom. The summed E-state index contributed by atoms with van der Waals surface area (Å²) in [5, 5.41) is 12.4. The Morgan fingerprint density at radius 2 is 1.74 bits per heavy atom. The predicted molar refractivity (Wildman–Crippen MR) is 111 cm³/mol. The number of aromatic nitrogens is 3. The molecule has 2 N–H and O–H groups in total. The summed E-state index contributed by atoms with van der Waals surface area (Å²) in [6, 6.07) is 12.4. The molecule has 11 heteroatoms. The molecule has 31 heavy (non-hydrogen) atoms. The van der Waals surface area contributed by atoms with Crippen molar-refractivity contribution in [2.75, 3.05) is 11.9 Å². The number of ether oxygens (including phenoxy) is 1. The fraction of sp³-hybridized carbons (Fsp3) is 0.250. The van der Waals surface area contributed by atoms with Crippen molar-refractivity contribution in [1.29, 1.82) is 0 Å². The van der Waals surface area contributed by atoms with Crippen LogP contribution in [0, 0.1) is 0 Å². The standard InChI is InChI=1S/C20H19ClF2N4O4/c21-14-4-2-13(3-5-14)12-27-18(25-19(29)26(20(27)30)10-1-11-28)24-15-6-8-16(9-7-15)31-17(22)23/h2-9,17,28H,1,10-12H2,(H,24,25,29). The molecule has 0 aliphatic rings. The maximum atomic E-state index is 13.0. The molecular weight excluding hydrogens is 434 g/mol. The van der Waals surface area contributed by atoms with Crippen molar-refractivity contribution < 1.29 is 18.6 Å². The van der Waals surface area contributed by atoms with E-state index in [1.54, 1.807) is 24.3 Å². The van der Waals surface area contributed by atoms with Crippen LogP contribution in [-0.4, -0.2) is 32.4 Å². The van der Waals surface area contributed by atoms with E-state index in [4.69, 9.17) is 16.7 Å². The molecule has 0 bridgehead atoms. The molecule has 3 aromatic rings. The van der Waals surface area contributed by atoms with Gasteiger partial charge in [0.1, 0.15) is 5.75 Å². The average molecular weight is 453 g/mol. The highest BCUT2D eigenvalue weighted by Crippen LogP contribution is 2.20. The number of aliphatic hydroxyl groups is 1. The third-order valence-electron chi connectivity index (χ3n) is 4.28. The van der Waals surface area contributed by atoms with Crippen molar-refractivity contribution >= 4 is 23.2 Å². The lowest BCUT2D eigenvalue weighted by atomic mass is 10.2. The topological polar surface area (TPSA) is 98.4 Å². The fourth-order valence-electron chi connectivity index (χ4n) is 2.81. The summed E-state index contributed by atoms with van der Waals surface area (Å²) >= 11 is 5.91. The number of nitrogens with zero attached hydrogens (tertiary/aromatic N) is 3. The third kappa shape index (κ3) is 5.89. The molecule has 0 aliphatic heterocycles. The first-order chi connectivity index (χ1) is 14.9. The minimum Gasteiger partial charge on any atom is -0.435 e. The molecule has 0 fully saturated rings. The van der Waals surface area contributed by atoms with Crippen LogP contribution in [0.4, 0.5) is 20.4 Å². The lowest BCUT2D eigenvalue weighted by Gasteiger charge is -2.16. The van der Waals surface area contributed by atoms with Crippen molar-refractivity contribution in [3.05, 3.63) is 80.1 Å². The van der Waals surface area contributed by atoms with E-state index in [-0.39, 0.29) is 37.8 Å². The minimum atomic E-state index is -2.95. The van der Waals surface area contributed by atoms with Gasteiger partial charge in [-0.25, -0.2) is 14.2 Å². The monoisotopic (exact) mass is 452 g/mol. The second-order valence-corrected chi connectivity index (χ2v) is 6.91. The summed E-state index contributed by atoms with van der Waals surface area (Å²) in [5.74, 6) is -0.0563. The molecule has 8 nitrogen and oxygen atoms in total. The molecule has 2 aromatic carbocycles. The fourth-order valence-corrected chi connectivity index (χ4v) is 2.93. The van der Waals surface area contributed by atoms with Gasteiger partial charge in [-0.05, 0) is 48.4 Å². The average Bonchev–Trinajstić information content (AvgIpc) is 2.73. The van der Waals surface area contributed by atoms with Gasteiger partial charge in [0.25, 0.3) is 0 Å². The number of anilines is 2. The molecule has 0 radical (unpaired) electrons. The van der Waals surface area contributed by atoms with Crippen LogP contribution in [0.5, 0.6) is 5.75 Å². The number of halogens is 3. The largest absolute Gasteiger partial charge is 0.435 e. The summed E-state index contributed by atoms with van der Waals surface area (Å²) in [6.45, 7) is -3.02. The van der Waals surface area contributed by atoms with Crippen LogP contribution < -0.4 is 21.4 Å². The summed E-state index contributed by atoms with van der Waals surface area (Å²) in [6.07, 6.45) is 0.218. The third-order valence-corrected chi connectivity index (χ3v) is 4.53. The van der Waals surface area contributed by atoms with E-state index >= 15 is 0 Å². The van der Waals surface area contributed by atoms with Gasteiger partial charge in [0, 0.05) is 23.9 Å². The van der Waals surface area contributed by atoms with Crippen LogP contribution in [0.25, 0.3) is 0 Å². The van der Waals surface area contributed by atoms with E-state index in [1.165, 1.54) is 28.8 Å². The van der Waals surface area contributed by atoms with Crippen LogP contribution in [0.15, 0.2) is 58.1 Å². The van der Waals surface area contributed by atoms with Gasteiger partial charge in [0.2, 0.25) is 5.95 Å². The van der Waals surface area contributed by atoms with E-state index in [2.05, 4.69) is 15.0 Å². The van der Waals surface area contributed by atoms with Crippen LogP contribution in [0.2, 0.25) is 5.02 Å². The van der Waals surface area contributed by atoms with Crippen molar-refractivity contribution in [3.8, 4) is 5.75 Å².